The maximum absolute atomic E-state index is 10.6. The van der Waals surface area contributed by atoms with Crippen LogP contribution in [0.15, 0.2) is 42.5 Å². The Morgan fingerprint density at radius 2 is 0.903 bits per heavy atom. The molecule has 0 spiro atoms. The molecule has 0 bridgehead atoms. The molecule has 0 atom stereocenters. The van der Waals surface area contributed by atoms with E-state index in [1.165, 1.54) is 6.07 Å². The van der Waals surface area contributed by atoms with Gasteiger partial charge in [0.25, 0.3) is 0 Å². The first kappa shape index (κ1) is 22.6. The van der Waals surface area contributed by atoms with Crippen LogP contribution in [-0.2, 0) is 39.3 Å². The summed E-state index contributed by atoms with van der Waals surface area (Å²) >= 11 is 0. The summed E-state index contributed by atoms with van der Waals surface area (Å²) in [5.41, 5.74) is 3.66. The van der Waals surface area contributed by atoms with Crippen molar-refractivity contribution < 1.29 is 35.7 Å². The first-order valence-electron chi connectivity index (χ1n) is 9.82. The van der Waals surface area contributed by atoms with Crippen molar-refractivity contribution in [3.05, 3.63) is 87.0 Å². The maximum atomic E-state index is 10.6. The number of aliphatic hydroxyl groups is 4. The number of para-hydroxylation sites is 1. The van der Waals surface area contributed by atoms with E-state index in [-0.39, 0.29) is 49.9 Å². The van der Waals surface area contributed by atoms with Crippen molar-refractivity contribution in [3.8, 4) is 17.2 Å². The van der Waals surface area contributed by atoms with Crippen LogP contribution in [0.25, 0.3) is 0 Å². The summed E-state index contributed by atoms with van der Waals surface area (Å²) in [6.07, 6.45) is 0.395. The SMILES string of the molecule is OCc1cc(CO)c(O)c(Cc2cc(CO)c(O)c(Cc3cccc(CO)c3O)c2)c1. The predicted octanol–water partition coefficient (Wildman–Crippen LogP) is 1.95. The summed E-state index contributed by atoms with van der Waals surface area (Å²) in [5, 5.41) is 69.4. The van der Waals surface area contributed by atoms with Crippen LogP contribution < -0.4 is 0 Å². The Bertz CT molecular complexity index is 1080. The zero-order valence-corrected chi connectivity index (χ0v) is 16.9. The standard InChI is InChI=1S/C24H26O7/c25-10-15-7-18(23(30)21(8-15)13-28)4-14-5-19(24(31)20(6-14)12-27)9-16-2-1-3-17(11-26)22(16)29/h1-3,5-8,25-31H,4,9-13H2. The minimum atomic E-state index is -0.403. The molecule has 0 aliphatic heterocycles. The van der Waals surface area contributed by atoms with Crippen LogP contribution in [0.2, 0.25) is 0 Å². The van der Waals surface area contributed by atoms with E-state index >= 15 is 0 Å². The van der Waals surface area contributed by atoms with Gasteiger partial charge in [-0.2, -0.15) is 0 Å². The topological polar surface area (TPSA) is 142 Å². The third-order valence-corrected chi connectivity index (χ3v) is 5.33. The average Bonchev–Trinajstić information content (AvgIpc) is 2.78. The molecule has 0 saturated carbocycles. The van der Waals surface area contributed by atoms with Gasteiger partial charge < -0.3 is 35.7 Å². The first-order valence-corrected chi connectivity index (χ1v) is 9.82. The molecule has 0 aliphatic carbocycles. The quantitative estimate of drug-likeness (QED) is 0.292. The predicted molar refractivity (Wildman–Crippen MR) is 114 cm³/mol. The van der Waals surface area contributed by atoms with Crippen molar-refractivity contribution in [1.82, 2.24) is 0 Å². The van der Waals surface area contributed by atoms with Gasteiger partial charge in [0.05, 0.1) is 26.4 Å². The van der Waals surface area contributed by atoms with Gasteiger partial charge in [0, 0.05) is 29.5 Å². The second-order valence-electron chi connectivity index (χ2n) is 7.44. The van der Waals surface area contributed by atoms with Crippen molar-refractivity contribution in [3.63, 3.8) is 0 Å². The lowest BCUT2D eigenvalue weighted by Gasteiger charge is -2.15. The Hall–Kier alpha value is -3.10. The lowest BCUT2D eigenvalue weighted by Crippen LogP contribution is -2.01. The largest absolute Gasteiger partial charge is 0.507 e. The van der Waals surface area contributed by atoms with E-state index in [0.29, 0.717) is 44.5 Å². The molecule has 0 fully saturated rings. The fourth-order valence-corrected chi connectivity index (χ4v) is 3.71. The summed E-state index contributed by atoms with van der Waals surface area (Å²) in [6, 6.07) is 11.5. The van der Waals surface area contributed by atoms with Crippen molar-refractivity contribution >= 4 is 0 Å². The fraction of sp³-hybridized carbons (Fsp3) is 0.250. The van der Waals surface area contributed by atoms with Crippen molar-refractivity contribution in [2.45, 2.75) is 39.3 Å². The number of aliphatic hydroxyl groups excluding tert-OH is 4. The molecule has 0 saturated heterocycles. The minimum absolute atomic E-state index is 0.0544. The summed E-state index contributed by atoms with van der Waals surface area (Å²) in [6.45, 7) is -1.35. The summed E-state index contributed by atoms with van der Waals surface area (Å²) in [7, 11) is 0. The highest BCUT2D eigenvalue weighted by Crippen LogP contribution is 2.33. The van der Waals surface area contributed by atoms with E-state index in [0.717, 1.165) is 0 Å². The maximum Gasteiger partial charge on any atom is 0.124 e. The number of hydrogen-bond acceptors (Lipinski definition) is 7. The fourth-order valence-electron chi connectivity index (χ4n) is 3.71. The molecule has 0 amide bonds. The molecule has 0 heterocycles. The summed E-state index contributed by atoms with van der Waals surface area (Å²) in [5.74, 6) is -0.223. The van der Waals surface area contributed by atoms with Gasteiger partial charge in [-0.05, 0) is 46.0 Å². The average molecular weight is 426 g/mol. The normalized spacial score (nSPS) is 11.1. The van der Waals surface area contributed by atoms with E-state index in [4.69, 9.17) is 0 Å². The van der Waals surface area contributed by atoms with E-state index in [1.54, 1.807) is 36.4 Å². The molecule has 164 valence electrons. The van der Waals surface area contributed by atoms with E-state index in [1.807, 2.05) is 0 Å². The third kappa shape index (κ3) is 4.81. The number of rotatable bonds is 8. The molecule has 3 aromatic rings. The van der Waals surface area contributed by atoms with E-state index in [2.05, 4.69) is 0 Å². The summed E-state index contributed by atoms with van der Waals surface area (Å²) < 4.78 is 0. The second-order valence-corrected chi connectivity index (χ2v) is 7.44. The molecule has 7 nitrogen and oxygen atoms in total. The molecule has 7 N–H and O–H groups in total. The Balaban J connectivity index is 2.02. The molecule has 0 aliphatic rings. The van der Waals surface area contributed by atoms with Crippen LogP contribution in [0.3, 0.4) is 0 Å². The number of aromatic hydroxyl groups is 3. The van der Waals surface area contributed by atoms with Gasteiger partial charge in [-0.25, -0.2) is 0 Å². The highest BCUT2D eigenvalue weighted by Gasteiger charge is 2.16. The Kier molecular flexibility index (Phi) is 7.14. The Morgan fingerprint density at radius 1 is 0.452 bits per heavy atom. The van der Waals surface area contributed by atoms with Crippen LogP contribution >= 0.6 is 0 Å². The monoisotopic (exact) mass is 426 g/mol. The minimum Gasteiger partial charge on any atom is -0.507 e. The highest BCUT2D eigenvalue weighted by molar-refractivity contribution is 5.51. The van der Waals surface area contributed by atoms with Crippen molar-refractivity contribution in [2.75, 3.05) is 0 Å². The van der Waals surface area contributed by atoms with E-state index < -0.39 is 6.61 Å². The molecular formula is C24H26O7. The lowest BCUT2D eigenvalue weighted by molar-refractivity contribution is 0.270. The van der Waals surface area contributed by atoms with Gasteiger partial charge in [0.2, 0.25) is 0 Å². The van der Waals surface area contributed by atoms with Gasteiger partial charge in [-0.3, -0.25) is 0 Å². The lowest BCUT2D eigenvalue weighted by atomic mass is 9.93. The number of phenols is 3. The van der Waals surface area contributed by atoms with Crippen molar-refractivity contribution in [2.24, 2.45) is 0 Å². The summed E-state index contributed by atoms with van der Waals surface area (Å²) in [4.78, 5) is 0. The van der Waals surface area contributed by atoms with Crippen LogP contribution in [0.1, 0.15) is 44.5 Å². The van der Waals surface area contributed by atoms with Crippen LogP contribution in [-0.4, -0.2) is 35.7 Å². The van der Waals surface area contributed by atoms with Gasteiger partial charge in [0.15, 0.2) is 0 Å². The Labute approximate surface area is 179 Å². The highest BCUT2D eigenvalue weighted by atomic mass is 16.3. The van der Waals surface area contributed by atoms with Gasteiger partial charge >= 0.3 is 0 Å². The van der Waals surface area contributed by atoms with Crippen LogP contribution in [0.4, 0.5) is 0 Å². The third-order valence-electron chi connectivity index (χ3n) is 5.33. The smallest absolute Gasteiger partial charge is 0.124 e. The molecule has 3 aromatic carbocycles. The second kappa shape index (κ2) is 9.80. The van der Waals surface area contributed by atoms with Crippen LogP contribution in [0, 0.1) is 0 Å². The van der Waals surface area contributed by atoms with E-state index in [9.17, 15) is 35.7 Å². The molecule has 0 aromatic heterocycles. The van der Waals surface area contributed by atoms with Gasteiger partial charge in [-0.15, -0.1) is 0 Å². The molecule has 0 radical (unpaired) electrons. The first-order chi connectivity index (χ1) is 14.9. The van der Waals surface area contributed by atoms with Gasteiger partial charge in [0.1, 0.15) is 17.2 Å². The molecule has 7 heteroatoms. The zero-order valence-electron chi connectivity index (χ0n) is 16.9. The molecule has 3 rings (SSSR count). The Morgan fingerprint density at radius 3 is 1.48 bits per heavy atom. The number of benzene rings is 3. The molecule has 0 unspecified atom stereocenters. The van der Waals surface area contributed by atoms with Crippen molar-refractivity contribution in [1.29, 1.82) is 0 Å². The molecule has 31 heavy (non-hydrogen) atoms. The number of hydrogen-bond donors (Lipinski definition) is 7. The van der Waals surface area contributed by atoms with Gasteiger partial charge in [-0.1, -0.05) is 24.3 Å². The van der Waals surface area contributed by atoms with Crippen LogP contribution in [0.5, 0.6) is 17.2 Å². The molecular weight excluding hydrogens is 400 g/mol. The zero-order chi connectivity index (χ0) is 22.5.